The number of nitrogens with zero attached hydrogens (tertiary/aromatic N) is 1. The Bertz CT molecular complexity index is 219. The molecule has 0 bridgehead atoms. The summed E-state index contributed by atoms with van der Waals surface area (Å²) in [7, 11) is 3.01. The van der Waals surface area contributed by atoms with E-state index in [1.54, 1.807) is 7.11 Å². The minimum Gasteiger partial charge on any atom is -0.469 e. The molecule has 0 aliphatic rings. The van der Waals surface area contributed by atoms with Crippen molar-refractivity contribution in [2.45, 2.75) is 19.3 Å². The van der Waals surface area contributed by atoms with Gasteiger partial charge in [0.15, 0.2) is 5.96 Å². The number of guanidine groups is 1. The van der Waals surface area contributed by atoms with Crippen LogP contribution in [-0.4, -0.2) is 45.8 Å². The Morgan fingerprint density at radius 1 is 1.38 bits per heavy atom. The lowest BCUT2D eigenvalue weighted by Gasteiger charge is -2.04. The molecule has 16 heavy (non-hydrogen) atoms. The van der Waals surface area contributed by atoms with Crippen LogP contribution in [0.2, 0.25) is 0 Å². The Kier molecular flexibility index (Phi) is 9.39. The van der Waals surface area contributed by atoms with E-state index >= 15 is 0 Å². The van der Waals surface area contributed by atoms with Crippen molar-refractivity contribution in [3.8, 4) is 0 Å². The molecule has 0 saturated carbocycles. The van der Waals surface area contributed by atoms with Gasteiger partial charge in [0.05, 0.1) is 13.7 Å². The quantitative estimate of drug-likeness (QED) is 0.263. The van der Waals surface area contributed by atoms with Crippen molar-refractivity contribution in [2.75, 3.05) is 33.9 Å². The molecule has 0 amide bonds. The molecular formula is C10H21N3O3. The first kappa shape index (κ1) is 14.7. The van der Waals surface area contributed by atoms with Gasteiger partial charge in [0, 0.05) is 26.6 Å². The summed E-state index contributed by atoms with van der Waals surface area (Å²) in [6, 6.07) is 0. The number of nitrogens with two attached hydrogens (primary N) is 1. The molecule has 94 valence electrons. The monoisotopic (exact) mass is 231 g/mol. The van der Waals surface area contributed by atoms with E-state index in [9.17, 15) is 4.79 Å². The summed E-state index contributed by atoms with van der Waals surface area (Å²) in [5, 5.41) is 2.91. The number of esters is 1. The lowest BCUT2D eigenvalue weighted by atomic mass is 10.2. The van der Waals surface area contributed by atoms with Crippen LogP contribution in [-0.2, 0) is 14.3 Å². The third-order valence-electron chi connectivity index (χ3n) is 1.91. The molecular weight excluding hydrogens is 210 g/mol. The van der Waals surface area contributed by atoms with Crippen molar-refractivity contribution in [1.82, 2.24) is 5.32 Å². The molecule has 0 radical (unpaired) electrons. The topological polar surface area (TPSA) is 85.9 Å². The van der Waals surface area contributed by atoms with E-state index in [2.05, 4.69) is 15.0 Å². The fraction of sp³-hybridized carbons (Fsp3) is 0.800. The minimum atomic E-state index is -0.185. The summed E-state index contributed by atoms with van der Waals surface area (Å²) < 4.78 is 9.37. The highest BCUT2D eigenvalue weighted by Gasteiger charge is 1.98. The second-order valence-corrected chi connectivity index (χ2v) is 3.22. The van der Waals surface area contributed by atoms with Gasteiger partial charge < -0.3 is 20.5 Å². The summed E-state index contributed by atoms with van der Waals surface area (Å²) in [4.78, 5) is 14.9. The van der Waals surface area contributed by atoms with E-state index in [4.69, 9.17) is 10.5 Å². The first-order valence-corrected chi connectivity index (χ1v) is 5.30. The van der Waals surface area contributed by atoms with Gasteiger partial charge in [-0.15, -0.1) is 0 Å². The second-order valence-electron chi connectivity index (χ2n) is 3.22. The smallest absolute Gasteiger partial charge is 0.305 e. The number of hydrogen-bond acceptors (Lipinski definition) is 4. The number of carbonyl (C=O) groups is 1. The number of hydrogen-bond donors (Lipinski definition) is 2. The molecule has 0 atom stereocenters. The SMILES string of the molecule is COCCNC(N)=NCCCCC(=O)OC. The number of rotatable bonds is 8. The molecule has 0 aliphatic heterocycles. The normalized spacial score (nSPS) is 11.2. The third kappa shape index (κ3) is 9.26. The molecule has 0 spiro atoms. The predicted octanol–water partition coefficient (Wildman–Crippen LogP) is -0.120. The van der Waals surface area contributed by atoms with E-state index in [-0.39, 0.29) is 5.97 Å². The largest absolute Gasteiger partial charge is 0.469 e. The zero-order valence-corrected chi connectivity index (χ0v) is 9.99. The summed E-state index contributed by atoms with van der Waals surface area (Å²) in [5.41, 5.74) is 5.57. The van der Waals surface area contributed by atoms with Gasteiger partial charge >= 0.3 is 5.97 Å². The minimum absolute atomic E-state index is 0.185. The van der Waals surface area contributed by atoms with Gasteiger partial charge in [0.2, 0.25) is 0 Å². The molecule has 0 heterocycles. The molecule has 0 aliphatic carbocycles. The van der Waals surface area contributed by atoms with Crippen LogP contribution in [0.3, 0.4) is 0 Å². The number of ether oxygens (including phenoxy) is 2. The van der Waals surface area contributed by atoms with Crippen LogP contribution in [0.15, 0.2) is 4.99 Å². The van der Waals surface area contributed by atoms with Gasteiger partial charge in [-0.3, -0.25) is 9.79 Å². The Morgan fingerprint density at radius 3 is 2.75 bits per heavy atom. The fourth-order valence-electron chi connectivity index (χ4n) is 1.02. The summed E-state index contributed by atoms with van der Waals surface area (Å²) >= 11 is 0. The summed E-state index contributed by atoms with van der Waals surface area (Å²) in [6.45, 7) is 1.86. The van der Waals surface area contributed by atoms with Gasteiger partial charge in [0.25, 0.3) is 0 Å². The van der Waals surface area contributed by atoms with Gasteiger partial charge in [-0.25, -0.2) is 0 Å². The highest BCUT2D eigenvalue weighted by atomic mass is 16.5. The number of carbonyl (C=O) groups excluding carboxylic acids is 1. The highest BCUT2D eigenvalue weighted by Crippen LogP contribution is 1.96. The average Bonchev–Trinajstić information content (AvgIpc) is 2.28. The molecule has 0 saturated heterocycles. The fourth-order valence-corrected chi connectivity index (χ4v) is 1.02. The molecule has 0 unspecified atom stereocenters. The molecule has 0 fully saturated rings. The van der Waals surface area contributed by atoms with E-state index in [0.717, 1.165) is 12.8 Å². The maximum Gasteiger partial charge on any atom is 0.305 e. The maximum absolute atomic E-state index is 10.8. The highest BCUT2D eigenvalue weighted by molar-refractivity contribution is 5.77. The van der Waals surface area contributed by atoms with Gasteiger partial charge in [-0.05, 0) is 12.8 Å². The summed E-state index contributed by atoms with van der Waals surface area (Å²) in [5.74, 6) is 0.227. The van der Waals surface area contributed by atoms with Gasteiger partial charge in [-0.2, -0.15) is 0 Å². The standard InChI is InChI=1S/C10H21N3O3/c1-15-8-7-13-10(11)12-6-4-3-5-9(14)16-2/h3-8H2,1-2H3,(H3,11,12,13). The summed E-state index contributed by atoms with van der Waals surface area (Å²) in [6.07, 6.45) is 2.02. The van der Waals surface area contributed by atoms with Crippen molar-refractivity contribution in [1.29, 1.82) is 0 Å². The maximum atomic E-state index is 10.8. The zero-order chi connectivity index (χ0) is 12.2. The number of unbranched alkanes of at least 4 members (excludes halogenated alkanes) is 1. The molecule has 0 aromatic rings. The van der Waals surface area contributed by atoms with Gasteiger partial charge in [-0.1, -0.05) is 0 Å². The van der Waals surface area contributed by atoms with Crippen LogP contribution in [0.5, 0.6) is 0 Å². The van der Waals surface area contributed by atoms with Crippen LogP contribution in [0.1, 0.15) is 19.3 Å². The molecule has 6 heteroatoms. The van der Waals surface area contributed by atoms with E-state index in [0.29, 0.717) is 32.1 Å². The van der Waals surface area contributed by atoms with Crippen LogP contribution in [0.4, 0.5) is 0 Å². The van der Waals surface area contributed by atoms with Crippen LogP contribution < -0.4 is 11.1 Å². The molecule has 0 aromatic carbocycles. The predicted molar refractivity (Wildman–Crippen MR) is 62.2 cm³/mol. The first-order chi connectivity index (χ1) is 7.70. The number of methoxy groups -OCH3 is 2. The van der Waals surface area contributed by atoms with Crippen molar-refractivity contribution in [3.05, 3.63) is 0 Å². The van der Waals surface area contributed by atoms with Crippen molar-refractivity contribution >= 4 is 11.9 Å². The lowest BCUT2D eigenvalue weighted by Crippen LogP contribution is -2.34. The second kappa shape index (κ2) is 10.2. The lowest BCUT2D eigenvalue weighted by molar-refractivity contribution is -0.140. The molecule has 3 N–H and O–H groups in total. The molecule has 0 aromatic heterocycles. The van der Waals surface area contributed by atoms with Gasteiger partial charge in [0.1, 0.15) is 0 Å². The number of aliphatic imine (C=N–C) groups is 1. The molecule has 0 rings (SSSR count). The Labute approximate surface area is 96.2 Å². The Hall–Kier alpha value is -1.30. The van der Waals surface area contributed by atoms with Crippen LogP contribution in [0.25, 0.3) is 0 Å². The Morgan fingerprint density at radius 2 is 2.12 bits per heavy atom. The van der Waals surface area contributed by atoms with Crippen molar-refractivity contribution < 1.29 is 14.3 Å². The van der Waals surface area contributed by atoms with Crippen LogP contribution >= 0.6 is 0 Å². The first-order valence-electron chi connectivity index (χ1n) is 5.30. The zero-order valence-electron chi connectivity index (χ0n) is 9.99. The number of nitrogens with one attached hydrogen (secondary N) is 1. The van der Waals surface area contributed by atoms with E-state index < -0.39 is 0 Å². The van der Waals surface area contributed by atoms with Crippen molar-refractivity contribution in [3.63, 3.8) is 0 Å². The van der Waals surface area contributed by atoms with Crippen molar-refractivity contribution in [2.24, 2.45) is 10.7 Å². The Balaban J connectivity index is 3.40. The van der Waals surface area contributed by atoms with Crippen LogP contribution in [0, 0.1) is 0 Å². The average molecular weight is 231 g/mol. The third-order valence-corrected chi connectivity index (χ3v) is 1.91. The molecule has 6 nitrogen and oxygen atoms in total. The van der Waals surface area contributed by atoms with E-state index in [1.807, 2.05) is 0 Å². The van der Waals surface area contributed by atoms with E-state index in [1.165, 1.54) is 7.11 Å².